The number of rotatable bonds is 5. The molecule has 0 bridgehead atoms. The van der Waals surface area contributed by atoms with E-state index in [0.717, 1.165) is 11.9 Å². The summed E-state index contributed by atoms with van der Waals surface area (Å²) in [6, 6.07) is 11.0. The molecule has 7 nitrogen and oxygen atoms in total. The van der Waals surface area contributed by atoms with Gasteiger partial charge in [-0.15, -0.1) is 0 Å². The highest BCUT2D eigenvalue weighted by atomic mass is 16.6. The fourth-order valence-electron chi connectivity index (χ4n) is 2.38. The van der Waals surface area contributed by atoms with Crippen LogP contribution in [0.2, 0.25) is 0 Å². The number of benzene rings is 1. The highest BCUT2D eigenvalue weighted by Crippen LogP contribution is 2.21. The first-order valence-corrected chi connectivity index (χ1v) is 6.85. The van der Waals surface area contributed by atoms with Crippen LogP contribution in [-0.2, 0) is 6.42 Å². The van der Waals surface area contributed by atoms with E-state index in [4.69, 9.17) is 5.73 Å². The largest absolute Gasteiger partial charge is 0.378 e. The predicted molar refractivity (Wildman–Crippen MR) is 85.8 cm³/mol. The van der Waals surface area contributed by atoms with Crippen molar-refractivity contribution < 1.29 is 4.92 Å². The molecule has 0 radical (unpaired) electrons. The third kappa shape index (κ3) is 2.69. The highest BCUT2D eigenvalue weighted by Gasteiger charge is 2.12. The Morgan fingerprint density at radius 1 is 1.27 bits per heavy atom. The third-order valence-electron chi connectivity index (χ3n) is 3.47. The molecular weight excluding hydrogens is 282 g/mol. The van der Waals surface area contributed by atoms with Gasteiger partial charge in [0.05, 0.1) is 4.92 Å². The van der Waals surface area contributed by atoms with Crippen LogP contribution in [-0.4, -0.2) is 21.4 Å². The molecule has 3 rings (SSSR count). The number of aromatic amines is 1. The number of hydrogen-bond acceptors (Lipinski definition) is 5. The Kier molecular flexibility index (Phi) is 3.61. The van der Waals surface area contributed by atoms with Crippen molar-refractivity contribution in [3.8, 4) is 0 Å². The number of aromatic nitrogens is 2. The average Bonchev–Trinajstić information content (AvgIpc) is 2.90. The zero-order chi connectivity index (χ0) is 15.5. The molecule has 4 N–H and O–H groups in total. The summed E-state index contributed by atoms with van der Waals surface area (Å²) in [6.45, 7) is 0.659. The van der Waals surface area contributed by atoms with Crippen LogP contribution >= 0.6 is 0 Å². The second-order valence-corrected chi connectivity index (χ2v) is 4.89. The van der Waals surface area contributed by atoms with Crippen molar-refractivity contribution >= 4 is 28.2 Å². The van der Waals surface area contributed by atoms with Crippen molar-refractivity contribution in [1.29, 1.82) is 0 Å². The van der Waals surface area contributed by atoms with Gasteiger partial charge in [0.2, 0.25) is 5.82 Å². The maximum Gasteiger partial charge on any atom is 0.311 e. The van der Waals surface area contributed by atoms with E-state index in [2.05, 4.69) is 21.4 Å². The Labute approximate surface area is 126 Å². The van der Waals surface area contributed by atoms with Crippen LogP contribution in [0.5, 0.6) is 0 Å². The molecule has 0 fully saturated rings. The molecule has 0 aliphatic carbocycles. The Hall–Kier alpha value is -3.09. The van der Waals surface area contributed by atoms with Crippen molar-refractivity contribution in [2.24, 2.45) is 0 Å². The molecule has 0 spiro atoms. The summed E-state index contributed by atoms with van der Waals surface area (Å²) in [5, 5.41) is 15.0. The molecule has 0 atom stereocenters. The summed E-state index contributed by atoms with van der Waals surface area (Å²) in [5.41, 5.74) is 7.70. The number of para-hydroxylation sites is 1. The van der Waals surface area contributed by atoms with Gasteiger partial charge in [-0.25, -0.2) is 4.98 Å². The van der Waals surface area contributed by atoms with Gasteiger partial charge in [0, 0.05) is 29.7 Å². The fraction of sp³-hybridized carbons (Fsp3) is 0.133. The van der Waals surface area contributed by atoms with E-state index in [1.54, 1.807) is 6.07 Å². The van der Waals surface area contributed by atoms with Crippen LogP contribution in [0.1, 0.15) is 5.56 Å². The molecule has 0 saturated carbocycles. The number of nitrogens with zero attached hydrogens (tertiary/aromatic N) is 2. The van der Waals surface area contributed by atoms with Gasteiger partial charge in [0.1, 0.15) is 5.82 Å². The minimum absolute atomic E-state index is 0.0814. The van der Waals surface area contributed by atoms with Gasteiger partial charge in [0.15, 0.2) is 0 Å². The van der Waals surface area contributed by atoms with Crippen molar-refractivity contribution in [2.75, 3.05) is 17.6 Å². The van der Waals surface area contributed by atoms with Gasteiger partial charge in [-0.1, -0.05) is 18.2 Å². The Bertz CT molecular complexity index is 828. The lowest BCUT2D eigenvalue weighted by Gasteiger charge is -2.06. The second-order valence-electron chi connectivity index (χ2n) is 4.89. The van der Waals surface area contributed by atoms with Gasteiger partial charge < -0.3 is 16.0 Å². The maximum absolute atomic E-state index is 10.7. The van der Waals surface area contributed by atoms with Gasteiger partial charge >= 0.3 is 5.69 Å². The van der Waals surface area contributed by atoms with Crippen molar-refractivity contribution in [1.82, 2.24) is 9.97 Å². The summed E-state index contributed by atoms with van der Waals surface area (Å²) in [6.07, 6.45) is 2.80. The molecule has 0 amide bonds. The Morgan fingerprint density at radius 2 is 2.09 bits per heavy atom. The predicted octanol–water partition coefficient (Wildman–Crippen LogP) is 2.71. The molecule has 0 aliphatic heterocycles. The smallest absolute Gasteiger partial charge is 0.311 e. The van der Waals surface area contributed by atoms with E-state index in [0.29, 0.717) is 12.4 Å². The summed E-state index contributed by atoms with van der Waals surface area (Å²) < 4.78 is 0. The lowest BCUT2D eigenvalue weighted by molar-refractivity contribution is -0.384. The van der Waals surface area contributed by atoms with E-state index in [-0.39, 0.29) is 11.5 Å². The lowest BCUT2D eigenvalue weighted by atomic mass is 10.1. The van der Waals surface area contributed by atoms with Gasteiger partial charge in [0.25, 0.3) is 0 Å². The minimum Gasteiger partial charge on any atom is -0.378 e. The average molecular weight is 297 g/mol. The number of nitrogen functional groups attached to an aromatic ring is 1. The first kappa shape index (κ1) is 13.9. The first-order chi connectivity index (χ1) is 10.6. The number of anilines is 2. The summed E-state index contributed by atoms with van der Waals surface area (Å²) >= 11 is 0. The lowest BCUT2D eigenvalue weighted by Crippen LogP contribution is -2.08. The van der Waals surface area contributed by atoms with Crippen molar-refractivity contribution in [3.63, 3.8) is 0 Å². The molecule has 0 saturated heterocycles. The number of nitrogens with one attached hydrogen (secondary N) is 2. The molecule has 3 aromatic rings. The number of pyridine rings is 1. The maximum atomic E-state index is 10.7. The molecule has 7 heteroatoms. The zero-order valence-corrected chi connectivity index (χ0v) is 11.7. The Morgan fingerprint density at radius 3 is 2.86 bits per heavy atom. The van der Waals surface area contributed by atoms with Crippen molar-refractivity contribution in [3.05, 3.63) is 58.3 Å². The van der Waals surface area contributed by atoms with E-state index in [1.807, 2.05) is 24.4 Å². The van der Waals surface area contributed by atoms with Crippen LogP contribution in [0, 0.1) is 10.1 Å². The second kappa shape index (κ2) is 5.72. The number of fused-ring (bicyclic) bond motifs is 1. The van der Waals surface area contributed by atoms with E-state index in [1.165, 1.54) is 17.0 Å². The highest BCUT2D eigenvalue weighted by molar-refractivity contribution is 5.83. The molecular formula is C15H15N5O2. The summed E-state index contributed by atoms with van der Waals surface area (Å²) in [5.74, 6) is 0.449. The first-order valence-electron chi connectivity index (χ1n) is 6.85. The zero-order valence-electron chi connectivity index (χ0n) is 11.7. The molecule has 2 heterocycles. The van der Waals surface area contributed by atoms with Crippen LogP contribution < -0.4 is 11.1 Å². The van der Waals surface area contributed by atoms with Gasteiger partial charge in [-0.05, 0) is 24.1 Å². The monoisotopic (exact) mass is 297 g/mol. The summed E-state index contributed by atoms with van der Waals surface area (Å²) in [4.78, 5) is 17.4. The van der Waals surface area contributed by atoms with Gasteiger partial charge in [-0.2, -0.15) is 0 Å². The van der Waals surface area contributed by atoms with Crippen LogP contribution in [0.15, 0.2) is 42.6 Å². The topological polar surface area (TPSA) is 110 Å². The fourth-order valence-corrected chi connectivity index (χ4v) is 2.38. The van der Waals surface area contributed by atoms with E-state index >= 15 is 0 Å². The van der Waals surface area contributed by atoms with E-state index in [9.17, 15) is 10.1 Å². The standard InChI is InChI=1S/C15H15N5O2/c16-15-13(20(21)22)5-6-14(19-15)17-8-7-10-9-18-12-4-2-1-3-11(10)12/h1-6,9,18H,7-8H2,(H3,16,17,19). The minimum atomic E-state index is -0.544. The number of hydrogen-bond donors (Lipinski definition) is 3. The normalized spacial score (nSPS) is 10.7. The molecule has 1 aromatic carbocycles. The molecule has 112 valence electrons. The quantitative estimate of drug-likeness (QED) is 0.495. The molecule has 0 aliphatic rings. The number of nitro groups is 1. The third-order valence-corrected chi connectivity index (χ3v) is 3.47. The number of nitrogens with two attached hydrogens (primary N) is 1. The van der Waals surface area contributed by atoms with Crippen molar-refractivity contribution in [2.45, 2.75) is 6.42 Å². The Balaban J connectivity index is 1.66. The van der Waals surface area contributed by atoms with Crippen LogP contribution in [0.25, 0.3) is 10.9 Å². The van der Waals surface area contributed by atoms with Crippen LogP contribution in [0.4, 0.5) is 17.3 Å². The molecule has 2 aromatic heterocycles. The number of H-pyrrole nitrogens is 1. The van der Waals surface area contributed by atoms with E-state index < -0.39 is 4.92 Å². The summed E-state index contributed by atoms with van der Waals surface area (Å²) in [7, 11) is 0. The SMILES string of the molecule is Nc1nc(NCCc2c[nH]c3ccccc23)ccc1[N+](=O)[O-]. The van der Waals surface area contributed by atoms with Crippen LogP contribution in [0.3, 0.4) is 0 Å². The van der Waals surface area contributed by atoms with Gasteiger partial charge in [-0.3, -0.25) is 10.1 Å². The molecule has 0 unspecified atom stereocenters. The molecule has 22 heavy (non-hydrogen) atoms.